The summed E-state index contributed by atoms with van der Waals surface area (Å²) < 4.78 is 12.4. The SMILES string of the molecule is CCOC(=O)c1cc(-c2ccccc2)n(CCOC)c1C. The van der Waals surface area contributed by atoms with Crippen LogP contribution in [0.3, 0.4) is 0 Å². The Labute approximate surface area is 125 Å². The summed E-state index contributed by atoms with van der Waals surface area (Å²) in [6.07, 6.45) is 0. The number of hydrogen-bond acceptors (Lipinski definition) is 3. The lowest BCUT2D eigenvalue weighted by atomic mass is 10.1. The molecule has 0 unspecified atom stereocenters. The molecule has 0 radical (unpaired) electrons. The Bertz CT molecular complexity index is 602. The van der Waals surface area contributed by atoms with Gasteiger partial charge in [-0.1, -0.05) is 30.3 Å². The number of benzene rings is 1. The van der Waals surface area contributed by atoms with Crippen molar-refractivity contribution in [3.8, 4) is 11.3 Å². The van der Waals surface area contributed by atoms with Crippen LogP contribution in [0.2, 0.25) is 0 Å². The van der Waals surface area contributed by atoms with Crippen LogP contribution in [0, 0.1) is 6.92 Å². The molecule has 1 aromatic carbocycles. The highest BCUT2D eigenvalue weighted by molar-refractivity contribution is 5.92. The van der Waals surface area contributed by atoms with E-state index in [2.05, 4.69) is 4.57 Å². The minimum Gasteiger partial charge on any atom is -0.462 e. The van der Waals surface area contributed by atoms with Crippen molar-refractivity contribution in [3.63, 3.8) is 0 Å². The normalized spacial score (nSPS) is 10.6. The molecule has 0 saturated heterocycles. The van der Waals surface area contributed by atoms with Crippen LogP contribution in [0.4, 0.5) is 0 Å². The van der Waals surface area contributed by atoms with Crippen LogP contribution in [0.5, 0.6) is 0 Å². The summed E-state index contributed by atoms with van der Waals surface area (Å²) in [6, 6.07) is 11.9. The number of hydrogen-bond donors (Lipinski definition) is 0. The van der Waals surface area contributed by atoms with Crippen LogP contribution in [0.1, 0.15) is 23.0 Å². The zero-order valence-electron chi connectivity index (χ0n) is 12.8. The van der Waals surface area contributed by atoms with Crippen LogP contribution < -0.4 is 0 Å². The van der Waals surface area contributed by atoms with Gasteiger partial charge in [-0.2, -0.15) is 0 Å². The minimum atomic E-state index is -0.275. The molecule has 0 aliphatic carbocycles. The van der Waals surface area contributed by atoms with E-state index < -0.39 is 0 Å². The molecule has 0 N–H and O–H groups in total. The van der Waals surface area contributed by atoms with E-state index in [0.717, 1.165) is 17.0 Å². The van der Waals surface area contributed by atoms with Gasteiger partial charge in [0.25, 0.3) is 0 Å². The van der Waals surface area contributed by atoms with Gasteiger partial charge in [-0.3, -0.25) is 0 Å². The molecular weight excluding hydrogens is 266 g/mol. The van der Waals surface area contributed by atoms with Crippen molar-refractivity contribution in [1.82, 2.24) is 4.57 Å². The number of rotatable bonds is 6. The molecule has 0 atom stereocenters. The molecule has 21 heavy (non-hydrogen) atoms. The van der Waals surface area contributed by atoms with Crippen molar-refractivity contribution in [1.29, 1.82) is 0 Å². The first-order chi connectivity index (χ1) is 10.2. The van der Waals surface area contributed by atoms with E-state index in [9.17, 15) is 4.79 Å². The van der Waals surface area contributed by atoms with E-state index >= 15 is 0 Å². The monoisotopic (exact) mass is 287 g/mol. The van der Waals surface area contributed by atoms with Crippen LogP contribution in [0.25, 0.3) is 11.3 Å². The predicted molar refractivity (Wildman–Crippen MR) is 82.4 cm³/mol. The summed E-state index contributed by atoms with van der Waals surface area (Å²) >= 11 is 0. The molecule has 0 fully saturated rings. The Morgan fingerprint density at radius 3 is 2.57 bits per heavy atom. The fourth-order valence-corrected chi connectivity index (χ4v) is 2.38. The van der Waals surface area contributed by atoms with Crippen molar-refractivity contribution in [2.75, 3.05) is 20.3 Å². The zero-order valence-corrected chi connectivity index (χ0v) is 12.8. The number of methoxy groups -OCH3 is 1. The van der Waals surface area contributed by atoms with E-state index in [1.165, 1.54) is 0 Å². The molecule has 0 spiro atoms. The van der Waals surface area contributed by atoms with Gasteiger partial charge in [0.1, 0.15) is 0 Å². The van der Waals surface area contributed by atoms with E-state index in [4.69, 9.17) is 9.47 Å². The molecule has 0 amide bonds. The van der Waals surface area contributed by atoms with Gasteiger partial charge < -0.3 is 14.0 Å². The molecule has 4 nitrogen and oxygen atoms in total. The molecule has 1 heterocycles. The summed E-state index contributed by atoms with van der Waals surface area (Å²) in [6.45, 7) is 5.42. The summed E-state index contributed by atoms with van der Waals surface area (Å²) in [5.74, 6) is -0.275. The molecule has 112 valence electrons. The third-order valence-electron chi connectivity index (χ3n) is 3.45. The van der Waals surface area contributed by atoms with E-state index in [1.807, 2.05) is 50.2 Å². The molecule has 0 aliphatic rings. The second-order valence-corrected chi connectivity index (χ2v) is 4.76. The molecular formula is C17H21NO3. The lowest BCUT2D eigenvalue weighted by Crippen LogP contribution is -2.10. The number of esters is 1. The molecule has 0 saturated carbocycles. The van der Waals surface area contributed by atoms with Gasteiger partial charge >= 0.3 is 5.97 Å². The quantitative estimate of drug-likeness (QED) is 0.765. The molecule has 4 heteroatoms. The van der Waals surface area contributed by atoms with E-state index in [1.54, 1.807) is 7.11 Å². The van der Waals surface area contributed by atoms with Crippen molar-refractivity contribution < 1.29 is 14.3 Å². The van der Waals surface area contributed by atoms with Crippen molar-refractivity contribution in [2.45, 2.75) is 20.4 Å². The molecule has 2 aromatic rings. The summed E-state index contributed by atoms with van der Waals surface area (Å²) in [5.41, 5.74) is 3.61. The maximum absolute atomic E-state index is 12.1. The van der Waals surface area contributed by atoms with Crippen molar-refractivity contribution in [2.24, 2.45) is 0 Å². The molecule has 2 rings (SSSR count). The lowest BCUT2D eigenvalue weighted by Gasteiger charge is -2.11. The number of nitrogens with zero attached hydrogens (tertiary/aromatic N) is 1. The summed E-state index contributed by atoms with van der Waals surface area (Å²) in [4.78, 5) is 12.1. The predicted octanol–water partition coefficient (Wildman–Crippen LogP) is 3.29. The van der Waals surface area contributed by atoms with Crippen LogP contribution in [-0.2, 0) is 16.0 Å². The zero-order chi connectivity index (χ0) is 15.2. The van der Waals surface area contributed by atoms with Gasteiger partial charge in [0, 0.05) is 25.0 Å². The van der Waals surface area contributed by atoms with Gasteiger partial charge in [0.2, 0.25) is 0 Å². The fourth-order valence-electron chi connectivity index (χ4n) is 2.38. The van der Waals surface area contributed by atoms with Crippen LogP contribution in [0.15, 0.2) is 36.4 Å². The highest BCUT2D eigenvalue weighted by Crippen LogP contribution is 2.26. The number of carbonyl (C=O) groups excluding carboxylic acids is 1. The molecule has 1 aromatic heterocycles. The van der Waals surface area contributed by atoms with Crippen molar-refractivity contribution in [3.05, 3.63) is 47.7 Å². The first-order valence-corrected chi connectivity index (χ1v) is 7.10. The summed E-state index contributed by atoms with van der Waals surface area (Å²) in [7, 11) is 1.67. The van der Waals surface area contributed by atoms with Gasteiger partial charge in [-0.25, -0.2) is 4.79 Å². The van der Waals surface area contributed by atoms with E-state index in [0.29, 0.717) is 25.3 Å². The highest BCUT2D eigenvalue weighted by atomic mass is 16.5. The topological polar surface area (TPSA) is 40.5 Å². The minimum absolute atomic E-state index is 0.275. The molecule has 0 aliphatic heterocycles. The Balaban J connectivity index is 2.47. The van der Waals surface area contributed by atoms with Crippen LogP contribution >= 0.6 is 0 Å². The first-order valence-electron chi connectivity index (χ1n) is 7.10. The first kappa shape index (κ1) is 15.3. The third kappa shape index (κ3) is 3.34. The van der Waals surface area contributed by atoms with Gasteiger partial charge in [-0.05, 0) is 25.5 Å². The smallest absolute Gasteiger partial charge is 0.339 e. The summed E-state index contributed by atoms with van der Waals surface area (Å²) in [5, 5.41) is 0. The largest absolute Gasteiger partial charge is 0.462 e. The van der Waals surface area contributed by atoms with Gasteiger partial charge in [0.15, 0.2) is 0 Å². The van der Waals surface area contributed by atoms with Gasteiger partial charge in [0.05, 0.1) is 18.8 Å². The standard InChI is InChI=1S/C17H21NO3/c1-4-21-17(19)15-12-16(14-8-6-5-7-9-14)18(13(15)2)10-11-20-3/h5-9,12H,4,10-11H2,1-3H3. The maximum atomic E-state index is 12.1. The Morgan fingerprint density at radius 1 is 1.24 bits per heavy atom. The second kappa shape index (κ2) is 7.09. The average Bonchev–Trinajstić information content (AvgIpc) is 2.83. The highest BCUT2D eigenvalue weighted by Gasteiger charge is 2.19. The van der Waals surface area contributed by atoms with E-state index in [-0.39, 0.29) is 5.97 Å². The molecule has 0 bridgehead atoms. The van der Waals surface area contributed by atoms with Crippen molar-refractivity contribution >= 4 is 5.97 Å². The maximum Gasteiger partial charge on any atom is 0.339 e. The van der Waals surface area contributed by atoms with Gasteiger partial charge in [-0.15, -0.1) is 0 Å². The number of ether oxygens (including phenoxy) is 2. The number of carbonyl (C=O) groups is 1. The fraction of sp³-hybridized carbons (Fsp3) is 0.353. The Hall–Kier alpha value is -2.07. The number of aromatic nitrogens is 1. The average molecular weight is 287 g/mol. The second-order valence-electron chi connectivity index (χ2n) is 4.76. The van der Waals surface area contributed by atoms with Crippen LogP contribution in [-0.4, -0.2) is 30.9 Å². The lowest BCUT2D eigenvalue weighted by molar-refractivity contribution is 0.0525. The third-order valence-corrected chi connectivity index (χ3v) is 3.45. The Kier molecular flexibility index (Phi) is 5.17. The Morgan fingerprint density at radius 2 is 1.95 bits per heavy atom.